The molecule has 4 nitrogen and oxygen atoms in total. The third-order valence-corrected chi connectivity index (χ3v) is 2.73. The van der Waals surface area contributed by atoms with Gasteiger partial charge in [0.05, 0.1) is 11.9 Å². The van der Waals surface area contributed by atoms with E-state index in [4.69, 9.17) is 17.3 Å². The van der Waals surface area contributed by atoms with Crippen molar-refractivity contribution in [2.75, 3.05) is 17.2 Å². The van der Waals surface area contributed by atoms with Crippen LogP contribution in [0.4, 0.5) is 21.8 Å². The molecule has 0 atom stereocenters. The van der Waals surface area contributed by atoms with Crippen LogP contribution in [-0.4, -0.2) is 16.5 Å². The van der Waals surface area contributed by atoms with Gasteiger partial charge < -0.3 is 10.6 Å². The Hall–Kier alpha value is -1.88. The smallest absolute Gasteiger partial charge is 0.222 e. The fourth-order valence-electron chi connectivity index (χ4n) is 1.67. The summed E-state index contributed by atoms with van der Waals surface area (Å²) in [6.45, 7) is 2.39. The van der Waals surface area contributed by atoms with Crippen molar-refractivity contribution < 1.29 is 4.39 Å². The van der Waals surface area contributed by atoms with Crippen LogP contribution in [0.1, 0.15) is 6.92 Å². The molecule has 0 amide bonds. The van der Waals surface area contributed by atoms with E-state index in [1.807, 2.05) is 6.92 Å². The predicted molar refractivity (Wildman–Crippen MR) is 70.5 cm³/mol. The van der Waals surface area contributed by atoms with Gasteiger partial charge >= 0.3 is 0 Å². The summed E-state index contributed by atoms with van der Waals surface area (Å²) < 4.78 is 13.8. The third-order valence-electron chi connectivity index (χ3n) is 2.46. The van der Waals surface area contributed by atoms with E-state index >= 15 is 0 Å². The molecule has 0 saturated heterocycles. The maximum Gasteiger partial charge on any atom is 0.222 e. The van der Waals surface area contributed by atoms with Crippen molar-refractivity contribution in [3.63, 3.8) is 0 Å². The van der Waals surface area contributed by atoms with Crippen molar-refractivity contribution in [2.45, 2.75) is 6.92 Å². The van der Waals surface area contributed by atoms with Gasteiger partial charge in [-0.25, -0.2) is 9.37 Å². The number of nitrogen functional groups attached to an aromatic ring is 1. The molecule has 0 aliphatic rings. The SMILES string of the molecule is CCN(c1ccccc1F)c1nc(N)ncc1Cl. The molecule has 6 heteroatoms. The molecule has 0 saturated carbocycles. The standard InChI is InChI=1S/C12H12ClFN4/c1-2-18(10-6-4-3-5-9(10)14)11-8(13)7-16-12(15)17-11/h3-7H,2H2,1H3,(H2,15,16,17). The van der Waals surface area contributed by atoms with E-state index in [0.29, 0.717) is 23.1 Å². The van der Waals surface area contributed by atoms with E-state index in [9.17, 15) is 4.39 Å². The van der Waals surface area contributed by atoms with E-state index < -0.39 is 0 Å². The van der Waals surface area contributed by atoms with E-state index in [-0.39, 0.29) is 11.8 Å². The maximum atomic E-state index is 13.8. The summed E-state index contributed by atoms with van der Waals surface area (Å²) in [4.78, 5) is 9.49. The molecule has 18 heavy (non-hydrogen) atoms. The van der Waals surface area contributed by atoms with Crippen molar-refractivity contribution in [1.29, 1.82) is 0 Å². The molecule has 2 aromatic rings. The number of nitrogens with zero attached hydrogens (tertiary/aromatic N) is 3. The lowest BCUT2D eigenvalue weighted by atomic mass is 10.2. The van der Waals surface area contributed by atoms with Crippen molar-refractivity contribution in [3.05, 3.63) is 41.3 Å². The number of para-hydroxylation sites is 1. The van der Waals surface area contributed by atoms with Crippen LogP contribution in [0.2, 0.25) is 5.02 Å². The molecular formula is C12H12ClFN4. The van der Waals surface area contributed by atoms with Gasteiger partial charge in [-0.1, -0.05) is 23.7 Å². The van der Waals surface area contributed by atoms with Crippen LogP contribution in [0.25, 0.3) is 0 Å². The van der Waals surface area contributed by atoms with Crippen LogP contribution in [0.15, 0.2) is 30.5 Å². The van der Waals surface area contributed by atoms with Crippen LogP contribution < -0.4 is 10.6 Å². The van der Waals surface area contributed by atoms with E-state index in [0.717, 1.165) is 0 Å². The summed E-state index contributed by atoms with van der Waals surface area (Å²) in [5, 5.41) is 0.328. The molecule has 2 N–H and O–H groups in total. The van der Waals surface area contributed by atoms with Gasteiger partial charge in [-0.05, 0) is 19.1 Å². The quantitative estimate of drug-likeness (QED) is 0.928. The molecule has 0 fully saturated rings. The van der Waals surface area contributed by atoms with Crippen LogP contribution in [0, 0.1) is 5.82 Å². The largest absolute Gasteiger partial charge is 0.368 e. The topological polar surface area (TPSA) is 55.0 Å². The van der Waals surface area contributed by atoms with Gasteiger partial charge in [-0.3, -0.25) is 0 Å². The highest BCUT2D eigenvalue weighted by molar-refractivity contribution is 6.33. The molecule has 0 spiro atoms. The van der Waals surface area contributed by atoms with Gasteiger partial charge in [-0.2, -0.15) is 4.98 Å². The molecule has 0 radical (unpaired) electrons. The van der Waals surface area contributed by atoms with Gasteiger partial charge in [-0.15, -0.1) is 0 Å². The number of rotatable bonds is 3. The Morgan fingerprint density at radius 2 is 2.11 bits per heavy atom. The molecule has 0 aliphatic heterocycles. The highest BCUT2D eigenvalue weighted by Gasteiger charge is 2.16. The summed E-state index contributed by atoms with van der Waals surface area (Å²) in [6, 6.07) is 6.42. The van der Waals surface area contributed by atoms with Gasteiger partial charge in [0.1, 0.15) is 10.8 Å². The number of nitrogens with two attached hydrogens (primary N) is 1. The van der Waals surface area contributed by atoms with Crippen molar-refractivity contribution in [3.8, 4) is 0 Å². The lowest BCUT2D eigenvalue weighted by Gasteiger charge is -2.23. The number of hydrogen-bond acceptors (Lipinski definition) is 4. The Labute approximate surface area is 109 Å². The lowest BCUT2D eigenvalue weighted by Crippen LogP contribution is -2.19. The van der Waals surface area contributed by atoms with Crippen molar-refractivity contribution in [2.24, 2.45) is 0 Å². The predicted octanol–water partition coefficient (Wildman–Crippen LogP) is 3.01. The zero-order valence-corrected chi connectivity index (χ0v) is 10.5. The first kappa shape index (κ1) is 12.6. The number of anilines is 3. The summed E-state index contributed by atoms with van der Waals surface area (Å²) in [7, 11) is 0. The number of hydrogen-bond donors (Lipinski definition) is 1. The first-order valence-electron chi connectivity index (χ1n) is 5.43. The van der Waals surface area contributed by atoms with E-state index in [2.05, 4.69) is 9.97 Å². The third kappa shape index (κ3) is 2.36. The molecule has 1 aromatic carbocycles. The molecular weight excluding hydrogens is 255 g/mol. The fourth-order valence-corrected chi connectivity index (χ4v) is 1.86. The van der Waals surface area contributed by atoms with Gasteiger partial charge in [0.25, 0.3) is 0 Å². The second kappa shape index (κ2) is 5.18. The molecule has 94 valence electrons. The molecule has 0 aliphatic carbocycles. The van der Waals surface area contributed by atoms with E-state index in [1.165, 1.54) is 12.3 Å². The van der Waals surface area contributed by atoms with Gasteiger partial charge in [0.15, 0.2) is 5.82 Å². The zero-order chi connectivity index (χ0) is 13.1. The molecule has 1 heterocycles. The minimum atomic E-state index is -0.340. The summed E-state index contributed by atoms with van der Waals surface area (Å²) in [5.74, 6) is 0.161. The number of halogens is 2. The minimum absolute atomic E-state index is 0.101. The molecule has 2 rings (SSSR count). The Bertz CT molecular complexity index is 562. The fraction of sp³-hybridized carbons (Fsp3) is 0.167. The lowest BCUT2D eigenvalue weighted by molar-refractivity contribution is 0.625. The average Bonchev–Trinajstić information content (AvgIpc) is 2.36. The highest BCUT2D eigenvalue weighted by atomic mass is 35.5. The Morgan fingerprint density at radius 1 is 1.39 bits per heavy atom. The number of benzene rings is 1. The number of aromatic nitrogens is 2. The van der Waals surface area contributed by atoms with Gasteiger partial charge in [0.2, 0.25) is 5.95 Å². The summed E-state index contributed by atoms with van der Waals surface area (Å²) in [5.41, 5.74) is 5.94. The first-order chi connectivity index (χ1) is 8.63. The monoisotopic (exact) mass is 266 g/mol. The van der Waals surface area contributed by atoms with Crippen LogP contribution in [0.3, 0.4) is 0 Å². The Balaban J connectivity index is 2.52. The van der Waals surface area contributed by atoms with Crippen LogP contribution in [0.5, 0.6) is 0 Å². The minimum Gasteiger partial charge on any atom is -0.368 e. The van der Waals surface area contributed by atoms with Crippen molar-refractivity contribution in [1.82, 2.24) is 9.97 Å². The van der Waals surface area contributed by atoms with Gasteiger partial charge in [0, 0.05) is 6.54 Å². The molecule has 0 bridgehead atoms. The first-order valence-corrected chi connectivity index (χ1v) is 5.81. The Morgan fingerprint density at radius 3 is 2.78 bits per heavy atom. The average molecular weight is 267 g/mol. The zero-order valence-electron chi connectivity index (χ0n) is 9.77. The van der Waals surface area contributed by atoms with Crippen molar-refractivity contribution >= 4 is 29.1 Å². The second-order valence-corrected chi connectivity index (χ2v) is 4.00. The normalized spacial score (nSPS) is 10.4. The highest BCUT2D eigenvalue weighted by Crippen LogP contribution is 2.31. The maximum absolute atomic E-state index is 13.8. The summed E-state index contributed by atoms with van der Waals surface area (Å²) in [6.07, 6.45) is 1.41. The van der Waals surface area contributed by atoms with E-state index in [1.54, 1.807) is 23.1 Å². The summed E-state index contributed by atoms with van der Waals surface area (Å²) >= 11 is 6.03. The Kier molecular flexibility index (Phi) is 3.62. The molecule has 0 unspecified atom stereocenters. The molecule has 1 aromatic heterocycles. The van der Waals surface area contributed by atoms with Crippen LogP contribution >= 0.6 is 11.6 Å². The van der Waals surface area contributed by atoms with Crippen LogP contribution in [-0.2, 0) is 0 Å². The second-order valence-electron chi connectivity index (χ2n) is 3.60.